The van der Waals surface area contributed by atoms with Crippen LogP contribution in [0.3, 0.4) is 0 Å². The minimum Gasteiger partial charge on any atom is -0.480 e. The summed E-state index contributed by atoms with van der Waals surface area (Å²) in [4.78, 5) is 12.3. The predicted molar refractivity (Wildman–Crippen MR) is 90.7 cm³/mol. The first kappa shape index (κ1) is 18.6. The van der Waals surface area contributed by atoms with Gasteiger partial charge in [-0.15, -0.1) is 11.8 Å². The number of benzene rings is 1. The number of carboxylic acids is 1. The second-order valence-corrected chi connectivity index (χ2v) is 7.44. The Bertz CT molecular complexity index is 497. The van der Waals surface area contributed by atoms with E-state index in [-0.39, 0.29) is 6.04 Å². The fraction of sp³-hybridized carbons (Fsp3) is 0.533. The molecule has 1 aromatic carbocycles. The van der Waals surface area contributed by atoms with Gasteiger partial charge in [0.05, 0.1) is 5.02 Å². The van der Waals surface area contributed by atoms with Crippen LogP contribution in [0, 0.1) is 0 Å². The Morgan fingerprint density at radius 2 is 2.10 bits per heavy atom. The van der Waals surface area contributed by atoms with Gasteiger partial charge in [-0.05, 0) is 57.6 Å². The largest absolute Gasteiger partial charge is 0.480 e. The van der Waals surface area contributed by atoms with Gasteiger partial charge in [-0.2, -0.15) is 0 Å². The maximum Gasteiger partial charge on any atom is 0.323 e. The van der Waals surface area contributed by atoms with E-state index in [0.29, 0.717) is 16.5 Å². The molecule has 0 aromatic heterocycles. The van der Waals surface area contributed by atoms with Crippen molar-refractivity contribution in [1.29, 1.82) is 0 Å². The average Bonchev–Trinajstić information content (AvgIpc) is 2.37. The number of rotatable bonds is 8. The van der Waals surface area contributed by atoms with Gasteiger partial charge in [0, 0.05) is 16.0 Å². The molecule has 1 aromatic rings. The molecule has 0 saturated heterocycles. The maximum atomic E-state index is 11.4. The van der Waals surface area contributed by atoms with Crippen LogP contribution in [0.15, 0.2) is 23.1 Å². The molecule has 0 spiro atoms. The van der Waals surface area contributed by atoms with E-state index in [1.54, 1.807) is 30.8 Å². The molecule has 0 aliphatic carbocycles. The zero-order valence-electron chi connectivity index (χ0n) is 12.5. The lowest BCUT2D eigenvalue weighted by Gasteiger charge is -2.28. The second kappa shape index (κ2) is 8.28. The average molecular weight is 350 g/mol. The topological polar surface area (TPSA) is 49.3 Å². The van der Waals surface area contributed by atoms with Gasteiger partial charge in [0.2, 0.25) is 0 Å². The Hall–Kier alpha value is -0.420. The predicted octanol–water partition coefficient (Wildman–Crippen LogP) is 4.71. The third-order valence-corrected chi connectivity index (χ3v) is 4.87. The highest BCUT2D eigenvalue weighted by Gasteiger charge is 2.32. The molecule has 0 radical (unpaired) electrons. The van der Waals surface area contributed by atoms with E-state index in [9.17, 15) is 9.90 Å². The molecule has 6 heteroatoms. The number of halogens is 2. The van der Waals surface area contributed by atoms with Crippen molar-refractivity contribution in [1.82, 2.24) is 5.32 Å². The van der Waals surface area contributed by atoms with Crippen LogP contribution in [0.5, 0.6) is 0 Å². The molecule has 0 aliphatic heterocycles. The quantitative estimate of drug-likeness (QED) is 0.527. The lowest BCUT2D eigenvalue weighted by molar-refractivity contribution is -0.144. The van der Waals surface area contributed by atoms with E-state index >= 15 is 0 Å². The summed E-state index contributed by atoms with van der Waals surface area (Å²) in [6.45, 7) is 5.62. The molecule has 118 valence electrons. The lowest BCUT2D eigenvalue weighted by atomic mass is 9.95. The number of carboxylic acid groups (broad SMARTS) is 1. The molecule has 2 N–H and O–H groups in total. The molecular weight excluding hydrogens is 329 g/mol. The van der Waals surface area contributed by atoms with Crippen molar-refractivity contribution in [2.45, 2.75) is 50.1 Å². The van der Waals surface area contributed by atoms with Crippen LogP contribution in [0.4, 0.5) is 0 Å². The molecule has 0 aliphatic rings. The van der Waals surface area contributed by atoms with Gasteiger partial charge in [-0.1, -0.05) is 23.2 Å². The molecule has 0 bridgehead atoms. The summed E-state index contributed by atoms with van der Waals surface area (Å²) in [5.74, 6) is -0.0233. The van der Waals surface area contributed by atoms with E-state index in [1.807, 2.05) is 19.9 Å². The van der Waals surface area contributed by atoms with E-state index < -0.39 is 11.5 Å². The molecule has 0 saturated carbocycles. The highest BCUT2D eigenvalue weighted by Crippen LogP contribution is 2.31. The SMILES string of the molecule is CC(C)NC(C)(CCCSc1cc(Cl)ccc1Cl)C(=O)O. The third-order valence-electron chi connectivity index (χ3n) is 3.05. The van der Waals surface area contributed by atoms with Gasteiger partial charge in [0.15, 0.2) is 0 Å². The fourth-order valence-electron chi connectivity index (χ4n) is 2.07. The van der Waals surface area contributed by atoms with Crippen molar-refractivity contribution >= 4 is 40.9 Å². The highest BCUT2D eigenvalue weighted by atomic mass is 35.5. The summed E-state index contributed by atoms with van der Waals surface area (Å²) in [5, 5.41) is 13.8. The van der Waals surface area contributed by atoms with Gasteiger partial charge >= 0.3 is 5.97 Å². The summed E-state index contributed by atoms with van der Waals surface area (Å²) in [6.07, 6.45) is 1.34. The zero-order chi connectivity index (χ0) is 16.0. The first-order valence-corrected chi connectivity index (χ1v) is 8.57. The van der Waals surface area contributed by atoms with Crippen molar-refractivity contribution in [2.75, 3.05) is 5.75 Å². The van der Waals surface area contributed by atoms with E-state index in [2.05, 4.69) is 5.32 Å². The molecule has 0 amide bonds. The van der Waals surface area contributed by atoms with Crippen LogP contribution in [0.2, 0.25) is 10.0 Å². The molecule has 0 heterocycles. The summed E-state index contributed by atoms with van der Waals surface area (Å²) >= 11 is 13.6. The number of aliphatic carboxylic acids is 1. The van der Waals surface area contributed by atoms with E-state index in [1.165, 1.54) is 0 Å². The van der Waals surface area contributed by atoms with Crippen molar-refractivity contribution in [3.8, 4) is 0 Å². The molecule has 1 atom stereocenters. The van der Waals surface area contributed by atoms with Crippen molar-refractivity contribution in [2.24, 2.45) is 0 Å². The van der Waals surface area contributed by atoms with Crippen LogP contribution in [0.25, 0.3) is 0 Å². The number of thioether (sulfide) groups is 1. The molecular formula is C15H21Cl2NO2S. The van der Waals surface area contributed by atoms with Crippen molar-refractivity contribution in [3.63, 3.8) is 0 Å². The monoisotopic (exact) mass is 349 g/mol. The summed E-state index contributed by atoms with van der Waals surface area (Å²) in [6, 6.07) is 5.48. The van der Waals surface area contributed by atoms with E-state index in [4.69, 9.17) is 23.2 Å². The number of hydrogen-bond acceptors (Lipinski definition) is 3. The lowest BCUT2D eigenvalue weighted by Crippen LogP contribution is -2.52. The minimum absolute atomic E-state index is 0.126. The van der Waals surface area contributed by atoms with Crippen LogP contribution in [-0.2, 0) is 4.79 Å². The Morgan fingerprint density at radius 1 is 1.43 bits per heavy atom. The summed E-state index contributed by atoms with van der Waals surface area (Å²) < 4.78 is 0. The Kier molecular flexibility index (Phi) is 7.34. The normalized spacial score (nSPS) is 14.2. The Morgan fingerprint density at radius 3 is 2.67 bits per heavy atom. The standard InChI is InChI=1S/C15H21Cl2NO2S/c1-10(2)18-15(3,14(19)20)7-4-8-21-13-9-11(16)5-6-12(13)17/h5-6,9-10,18H,4,7-8H2,1-3H3,(H,19,20). The number of carbonyl (C=O) groups is 1. The zero-order valence-corrected chi connectivity index (χ0v) is 14.8. The van der Waals surface area contributed by atoms with Crippen LogP contribution < -0.4 is 5.32 Å². The Balaban J connectivity index is 2.51. The third kappa shape index (κ3) is 6.07. The molecule has 21 heavy (non-hydrogen) atoms. The first-order valence-electron chi connectivity index (χ1n) is 6.83. The summed E-state index contributed by atoms with van der Waals surface area (Å²) in [5.41, 5.74) is -0.896. The van der Waals surface area contributed by atoms with Crippen LogP contribution in [0.1, 0.15) is 33.6 Å². The molecule has 1 unspecified atom stereocenters. The number of hydrogen-bond donors (Lipinski definition) is 2. The van der Waals surface area contributed by atoms with Gasteiger partial charge in [-0.25, -0.2) is 0 Å². The second-order valence-electron chi connectivity index (χ2n) is 5.46. The fourth-order valence-corrected chi connectivity index (χ4v) is 3.52. The first-order chi connectivity index (χ1) is 9.74. The number of nitrogens with one attached hydrogen (secondary N) is 1. The highest BCUT2D eigenvalue weighted by molar-refractivity contribution is 7.99. The van der Waals surface area contributed by atoms with Crippen molar-refractivity contribution < 1.29 is 9.90 Å². The van der Waals surface area contributed by atoms with Gasteiger partial charge in [-0.3, -0.25) is 10.1 Å². The molecule has 3 nitrogen and oxygen atoms in total. The van der Waals surface area contributed by atoms with Crippen molar-refractivity contribution in [3.05, 3.63) is 28.2 Å². The van der Waals surface area contributed by atoms with Crippen LogP contribution >= 0.6 is 35.0 Å². The molecule has 0 fully saturated rings. The molecule has 1 rings (SSSR count). The van der Waals surface area contributed by atoms with E-state index in [0.717, 1.165) is 17.1 Å². The maximum absolute atomic E-state index is 11.4. The summed E-state index contributed by atoms with van der Waals surface area (Å²) in [7, 11) is 0. The van der Waals surface area contributed by atoms with Crippen LogP contribution in [-0.4, -0.2) is 28.4 Å². The van der Waals surface area contributed by atoms with Gasteiger partial charge in [0.25, 0.3) is 0 Å². The Labute approximate surface area is 140 Å². The smallest absolute Gasteiger partial charge is 0.323 e. The van der Waals surface area contributed by atoms with Gasteiger partial charge in [0.1, 0.15) is 5.54 Å². The minimum atomic E-state index is -0.896. The van der Waals surface area contributed by atoms with Gasteiger partial charge < -0.3 is 5.11 Å².